The lowest BCUT2D eigenvalue weighted by atomic mass is 10.3. The minimum atomic E-state index is 0.0935. The number of hydrogen-bond donors (Lipinski definition) is 4. The van der Waals surface area contributed by atoms with Gasteiger partial charge in [0, 0.05) is 3.57 Å². The zero-order chi connectivity index (χ0) is 11.5. The van der Waals surface area contributed by atoms with E-state index in [9.17, 15) is 0 Å². The molecule has 0 unspecified atom stereocenters. The molecule has 0 fully saturated rings. The average Bonchev–Trinajstić information content (AvgIpc) is 2.58. The summed E-state index contributed by atoms with van der Waals surface area (Å²) in [5, 5.41) is 15.2. The fraction of sp³-hybridized carbons (Fsp3) is 0. The molecule has 1 aliphatic heterocycles. The van der Waals surface area contributed by atoms with E-state index in [-0.39, 0.29) is 11.7 Å². The van der Waals surface area contributed by atoms with Gasteiger partial charge in [-0.25, -0.2) is 0 Å². The van der Waals surface area contributed by atoms with Crippen molar-refractivity contribution < 1.29 is 0 Å². The van der Waals surface area contributed by atoms with Gasteiger partial charge < -0.3 is 5.73 Å². The Labute approximate surface area is 106 Å². The first-order valence-corrected chi connectivity index (χ1v) is 5.53. The number of nitrogens with zero attached hydrogens (tertiary/aromatic N) is 2. The Morgan fingerprint density at radius 3 is 2.81 bits per heavy atom. The summed E-state index contributed by atoms with van der Waals surface area (Å²) in [4.78, 5) is 0. The number of rotatable bonds is 2. The molecule has 5 N–H and O–H groups in total. The molecule has 16 heavy (non-hydrogen) atoms. The third-order valence-electron chi connectivity index (χ3n) is 1.93. The number of anilines is 1. The molecule has 0 aromatic heterocycles. The smallest absolute Gasteiger partial charge is 0.175 e. The quantitative estimate of drug-likeness (QED) is 0.480. The Hall–Kier alpha value is -1.64. The average molecular weight is 328 g/mol. The number of amidine groups is 2. The van der Waals surface area contributed by atoms with E-state index in [1.54, 1.807) is 0 Å². The maximum absolute atomic E-state index is 7.48. The molecule has 2 rings (SSSR count). The summed E-state index contributed by atoms with van der Waals surface area (Å²) in [6, 6.07) is 7.69. The van der Waals surface area contributed by atoms with Gasteiger partial charge in [0.1, 0.15) is 0 Å². The number of para-hydroxylation sites is 1. The summed E-state index contributed by atoms with van der Waals surface area (Å²) < 4.78 is 1.04. The van der Waals surface area contributed by atoms with Gasteiger partial charge in [-0.1, -0.05) is 12.1 Å². The van der Waals surface area contributed by atoms with E-state index in [2.05, 4.69) is 43.6 Å². The summed E-state index contributed by atoms with van der Waals surface area (Å²) in [5.41, 5.74) is 12.0. The van der Waals surface area contributed by atoms with Gasteiger partial charge in [0.2, 0.25) is 0 Å². The predicted octanol–water partition coefficient (Wildman–Crippen LogP) is 0.912. The Morgan fingerprint density at radius 2 is 2.19 bits per heavy atom. The Balaban J connectivity index is 2.18. The molecule has 1 aromatic rings. The second-order valence-corrected chi connectivity index (χ2v) is 4.20. The van der Waals surface area contributed by atoms with E-state index in [0.29, 0.717) is 5.71 Å². The van der Waals surface area contributed by atoms with Crippen molar-refractivity contribution in [2.24, 2.45) is 15.9 Å². The fourth-order valence-electron chi connectivity index (χ4n) is 1.13. The van der Waals surface area contributed by atoms with Crippen LogP contribution < -0.4 is 16.6 Å². The summed E-state index contributed by atoms with van der Waals surface area (Å²) in [6.45, 7) is 0. The molecule has 1 aromatic carbocycles. The molecule has 1 heterocycles. The van der Waals surface area contributed by atoms with Gasteiger partial charge in [-0.05, 0) is 34.7 Å². The summed E-state index contributed by atoms with van der Waals surface area (Å²) in [7, 11) is 0. The standard InChI is InChI=1S/C9H9IN6/c10-5-3-1-2-4-6(5)13-14-7-8(11)15-16-9(7)12/h1-4,13H,(H4,11,12,14,15,16). The number of hydrazone groups is 2. The molecular weight excluding hydrogens is 319 g/mol. The van der Waals surface area contributed by atoms with Crippen molar-refractivity contribution in [3.8, 4) is 0 Å². The summed E-state index contributed by atoms with van der Waals surface area (Å²) in [6.07, 6.45) is 0. The largest absolute Gasteiger partial charge is 0.380 e. The highest BCUT2D eigenvalue weighted by Gasteiger charge is 2.18. The molecule has 0 aliphatic carbocycles. The van der Waals surface area contributed by atoms with E-state index in [1.165, 1.54) is 0 Å². The summed E-state index contributed by atoms with van der Waals surface area (Å²) >= 11 is 2.19. The zero-order valence-corrected chi connectivity index (χ0v) is 10.3. The van der Waals surface area contributed by atoms with Crippen molar-refractivity contribution in [1.82, 2.24) is 5.43 Å². The van der Waals surface area contributed by atoms with Crippen molar-refractivity contribution in [3.63, 3.8) is 0 Å². The van der Waals surface area contributed by atoms with E-state index in [1.807, 2.05) is 24.3 Å². The number of hydrogen-bond acceptors (Lipinski definition) is 5. The van der Waals surface area contributed by atoms with Crippen LogP contribution in [0.5, 0.6) is 0 Å². The Morgan fingerprint density at radius 1 is 1.44 bits per heavy atom. The highest BCUT2D eigenvalue weighted by atomic mass is 127. The first-order chi connectivity index (χ1) is 7.68. The Kier molecular flexibility index (Phi) is 3.04. The highest BCUT2D eigenvalue weighted by Crippen LogP contribution is 2.16. The maximum atomic E-state index is 7.48. The molecule has 0 atom stereocenters. The Bertz CT molecular complexity index is 493. The lowest BCUT2D eigenvalue weighted by Gasteiger charge is -2.03. The normalized spacial score (nSPS) is 17.2. The van der Waals surface area contributed by atoms with Crippen LogP contribution in [0, 0.1) is 8.98 Å². The van der Waals surface area contributed by atoms with Crippen LogP contribution in [-0.2, 0) is 0 Å². The van der Waals surface area contributed by atoms with Crippen molar-refractivity contribution in [3.05, 3.63) is 27.8 Å². The molecule has 82 valence electrons. The first kappa shape index (κ1) is 10.9. The number of benzene rings is 1. The molecule has 0 amide bonds. The van der Waals surface area contributed by atoms with Crippen LogP contribution in [0.2, 0.25) is 0 Å². The van der Waals surface area contributed by atoms with Gasteiger partial charge >= 0.3 is 0 Å². The minimum Gasteiger partial charge on any atom is -0.380 e. The van der Waals surface area contributed by atoms with Crippen LogP contribution in [0.4, 0.5) is 5.69 Å². The monoisotopic (exact) mass is 328 g/mol. The molecule has 0 spiro atoms. The third-order valence-corrected chi connectivity index (χ3v) is 2.87. The van der Waals surface area contributed by atoms with E-state index < -0.39 is 0 Å². The van der Waals surface area contributed by atoms with Crippen LogP contribution >= 0.6 is 22.6 Å². The van der Waals surface area contributed by atoms with Crippen LogP contribution in [0.1, 0.15) is 0 Å². The van der Waals surface area contributed by atoms with Crippen molar-refractivity contribution in [2.75, 3.05) is 5.43 Å². The van der Waals surface area contributed by atoms with Crippen LogP contribution in [-0.4, -0.2) is 17.4 Å². The number of nitrogens with two attached hydrogens (primary N) is 1. The minimum absolute atomic E-state index is 0.0935. The SMILES string of the molecule is N=C1NN=C(N)/C1=N/Nc1ccccc1I. The van der Waals surface area contributed by atoms with Gasteiger partial charge in [-0.2, -0.15) is 10.2 Å². The van der Waals surface area contributed by atoms with Crippen LogP contribution in [0.25, 0.3) is 0 Å². The van der Waals surface area contributed by atoms with Crippen LogP contribution in [0.15, 0.2) is 34.5 Å². The van der Waals surface area contributed by atoms with E-state index in [0.717, 1.165) is 9.26 Å². The van der Waals surface area contributed by atoms with Gasteiger partial charge in [0.25, 0.3) is 0 Å². The van der Waals surface area contributed by atoms with Crippen molar-refractivity contribution >= 4 is 45.7 Å². The van der Waals surface area contributed by atoms with E-state index in [4.69, 9.17) is 11.1 Å². The summed E-state index contributed by atoms with van der Waals surface area (Å²) in [5.74, 6) is 0.305. The molecule has 0 saturated carbocycles. The van der Waals surface area contributed by atoms with Gasteiger partial charge in [-0.15, -0.1) is 0 Å². The zero-order valence-electron chi connectivity index (χ0n) is 8.16. The third kappa shape index (κ3) is 2.13. The lowest BCUT2D eigenvalue weighted by Crippen LogP contribution is -2.28. The molecule has 6 nitrogen and oxygen atoms in total. The molecule has 0 saturated heterocycles. The number of nitrogens with one attached hydrogen (secondary N) is 3. The van der Waals surface area contributed by atoms with Crippen LogP contribution in [0.3, 0.4) is 0 Å². The second kappa shape index (κ2) is 4.47. The van der Waals surface area contributed by atoms with Gasteiger partial charge in [0.05, 0.1) is 5.69 Å². The maximum Gasteiger partial charge on any atom is 0.175 e. The molecular formula is C9H9IN6. The number of halogens is 1. The van der Waals surface area contributed by atoms with E-state index >= 15 is 0 Å². The predicted molar refractivity (Wildman–Crippen MR) is 72.7 cm³/mol. The molecule has 1 aliphatic rings. The topological polar surface area (TPSA) is 98.7 Å². The molecule has 0 radical (unpaired) electrons. The second-order valence-electron chi connectivity index (χ2n) is 3.04. The molecule has 0 bridgehead atoms. The first-order valence-electron chi connectivity index (χ1n) is 4.45. The van der Waals surface area contributed by atoms with Crippen molar-refractivity contribution in [2.45, 2.75) is 0 Å². The fourth-order valence-corrected chi connectivity index (χ4v) is 1.64. The van der Waals surface area contributed by atoms with Gasteiger partial charge in [0.15, 0.2) is 17.4 Å². The molecule has 7 heteroatoms. The van der Waals surface area contributed by atoms with Gasteiger partial charge in [-0.3, -0.25) is 16.3 Å². The lowest BCUT2D eigenvalue weighted by molar-refractivity contribution is 1.04. The van der Waals surface area contributed by atoms with Crippen molar-refractivity contribution in [1.29, 1.82) is 5.41 Å². The highest BCUT2D eigenvalue weighted by molar-refractivity contribution is 14.1.